The van der Waals surface area contributed by atoms with Gasteiger partial charge in [0, 0.05) is 5.39 Å². The number of rotatable bonds is 3. The Kier molecular flexibility index (Phi) is 3.24. The molecule has 2 aromatic heterocycles. The van der Waals surface area contributed by atoms with E-state index in [0.717, 1.165) is 5.39 Å². The van der Waals surface area contributed by atoms with E-state index < -0.39 is 6.04 Å². The summed E-state index contributed by atoms with van der Waals surface area (Å²) in [4.78, 5) is 0. The largest absolute Gasteiger partial charge is 0.457 e. The topological polar surface area (TPSA) is 64.3 Å². The summed E-state index contributed by atoms with van der Waals surface area (Å²) in [5, 5.41) is 1.75. The van der Waals surface area contributed by atoms with E-state index in [-0.39, 0.29) is 0 Å². The van der Waals surface area contributed by atoms with E-state index in [1.165, 1.54) is 0 Å². The van der Waals surface area contributed by atoms with Crippen LogP contribution in [0.2, 0.25) is 10.2 Å². The molecule has 3 rings (SSSR count). The van der Waals surface area contributed by atoms with Gasteiger partial charge >= 0.3 is 0 Å². The lowest BCUT2D eigenvalue weighted by Gasteiger charge is -2.09. The highest BCUT2D eigenvalue weighted by atomic mass is 35.5. The minimum Gasteiger partial charge on any atom is -0.457 e. The molecule has 3 aromatic rings. The van der Waals surface area contributed by atoms with E-state index in [4.69, 9.17) is 37.9 Å². The summed E-state index contributed by atoms with van der Waals surface area (Å²) >= 11 is 11.8. The van der Waals surface area contributed by atoms with Gasteiger partial charge in [-0.1, -0.05) is 23.7 Å². The number of nitrogens with one attached hydrogen (secondary N) is 1. The van der Waals surface area contributed by atoms with Gasteiger partial charge in [0.25, 0.3) is 0 Å². The molecule has 0 fully saturated rings. The molecule has 1 atom stereocenters. The molecule has 19 heavy (non-hydrogen) atoms. The Hall–Kier alpha value is -1.46. The number of fused-ring (bicyclic) bond motifs is 1. The van der Waals surface area contributed by atoms with Crippen LogP contribution >= 0.6 is 23.2 Å². The van der Waals surface area contributed by atoms with Crippen molar-refractivity contribution < 1.29 is 8.83 Å². The van der Waals surface area contributed by atoms with Gasteiger partial charge in [0.05, 0.1) is 5.02 Å². The van der Waals surface area contributed by atoms with Gasteiger partial charge < -0.3 is 8.83 Å². The monoisotopic (exact) mass is 296 g/mol. The Labute approximate surface area is 119 Å². The number of para-hydroxylation sites is 1. The second kappa shape index (κ2) is 4.90. The van der Waals surface area contributed by atoms with Crippen molar-refractivity contribution in [2.24, 2.45) is 5.84 Å². The summed E-state index contributed by atoms with van der Waals surface area (Å²) in [6, 6.07) is 10.4. The highest BCUT2D eigenvalue weighted by molar-refractivity contribution is 6.34. The molecule has 2 heterocycles. The lowest BCUT2D eigenvalue weighted by Crippen LogP contribution is -2.28. The SMILES string of the molecule is NNC(c1ccc(Cl)o1)c1cc2cccc(Cl)c2o1. The minimum atomic E-state index is -0.420. The zero-order valence-electron chi connectivity index (χ0n) is 9.69. The van der Waals surface area contributed by atoms with Crippen molar-refractivity contribution in [3.8, 4) is 0 Å². The summed E-state index contributed by atoms with van der Waals surface area (Å²) in [7, 11) is 0. The van der Waals surface area contributed by atoms with Gasteiger partial charge in [-0.3, -0.25) is 5.84 Å². The second-order valence-electron chi connectivity index (χ2n) is 4.05. The van der Waals surface area contributed by atoms with Crippen LogP contribution in [0.1, 0.15) is 17.6 Å². The van der Waals surface area contributed by atoms with Crippen molar-refractivity contribution in [2.75, 3.05) is 0 Å². The van der Waals surface area contributed by atoms with Crippen LogP contribution in [0.25, 0.3) is 11.0 Å². The highest BCUT2D eigenvalue weighted by Crippen LogP contribution is 2.32. The molecule has 6 heteroatoms. The number of hydrogen-bond acceptors (Lipinski definition) is 4. The molecule has 3 N–H and O–H groups in total. The molecule has 0 bridgehead atoms. The van der Waals surface area contributed by atoms with Crippen molar-refractivity contribution >= 4 is 34.2 Å². The number of furan rings is 2. The Bertz CT molecular complexity index is 720. The first-order valence-electron chi connectivity index (χ1n) is 5.58. The summed E-state index contributed by atoms with van der Waals surface area (Å²) in [5.74, 6) is 6.74. The van der Waals surface area contributed by atoms with Crippen LogP contribution in [-0.2, 0) is 0 Å². The number of halogens is 2. The lowest BCUT2D eigenvalue weighted by atomic mass is 10.1. The van der Waals surface area contributed by atoms with Gasteiger partial charge in [0.2, 0.25) is 0 Å². The third-order valence-corrected chi connectivity index (χ3v) is 3.35. The second-order valence-corrected chi connectivity index (χ2v) is 4.83. The smallest absolute Gasteiger partial charge is 0.193 e. The fraction of sp³-hybridized carbons (Fsp3) is 0.0769. The molecule has 0 amide bonds. The predicted octanol–water partition coefficient (Wildman–Crippen LogP) is 3.89. The summed E-state index contributed by atoms with van der Waals surface area (Å²) < 4.78 is 11.1. The van der Waals surface area contributed by atoms with E-state index in [9.17, 15) is 0 Å². The summed E-state index contributed by atoms with van der Waals surface area (Å²) in [6.07, 6.45) is 0. The first-order chi connectivity index (χ1) is 9.19. The van der Waals surface area contributed by atoms with Crippen molar-refractivity contribution in [1.82, 2.24) is 5.43 Å². The van der Waals surface area contributed by atoms with Gasteiger partial charge in [-0.2, -0.15) is 0 Å². The van der Waals surface area contributed by atoms with Gasteiger partial charge in [0.1, 0.15) is 17.6 Å². The molecule has 0 aliphatic carbocycles. The molecule has 0 saturated heterocycles. The molecule has 0 aliphatic rings. The molecule has 98 valence electrons. The maximum absolute atomic E-state index is 6.08. The number of hydrazine groups is 1. The third-order valence-electron chi connectivity index (χ3n) is 2.84. The Morgan fingerprint density at radius 1 is 1.05 bits per heavy atom. The molecular formula is C13H10Cl2N2O2. The number of hydrogen-bond donors (Lipinski definition) is 2. The Morgan fingerprint density at radius 2 is 1.89 bits per heavy atom. The van der Waals surface area contributed by atoms with Crippen LogP contribution in [-0.4, -0.2) is 0 Å². The van der Waals surface area contributed by atoms with Gasteiger partial charge in [-0.15, -0.1) is 0 Å². The Balaban J connectivity index is 2.09. The predicted molar refractivity (Wildman–Crippen MR) is 74.1 cm³/mol. The van der Waals surface area contributed by atoms with E-state index in [1.807, 2.05) is 18.2 Å². The molecule has 0 aliphatic heterocycles. The number of nitrogens with two attached hydrogens (primary N) is 1. The first-order valence-corrected chi connectivity index (χ1v) is 6.34. The Morgan fingerprint density at radius 3 is 2.53 bits per heavy atom. The van der Waals surface area contributed by atoms with Crippen LogP contribution in [0.5, 0.6) is 0 Å². The molecule has 4 nitrogen and oxygen atoms in total. The zero-order chi connectivity index (χ0) is 13.4. The van der Waals surface area contributed by atoms with Crippen LogP contribution in [0.3, 0.4) is 0 Å². The maximum atomic E-state index is 6.08. The average molecular weight is 297 g/mol. The third kappa shape index (κ3) is 2.24. The van der Waals surface area contributed by atoms with Crippen molar-refractivity contribution in [3.05, 3.63) is 58.2 Å². The molecule has 0 spiro atoms. The highest BCUT2D eigenvalue weighted by Gasteiger charge is 2.21. The maximum Gasteiger partial charge on any atom is 0.193 e. The molecule has 1 unspecified atom stereocenters. The quantitative estimate of drug-likeness (QED) is 0.568. The summed E-state index contributed by atoms with van der Waals surface area (Å²) in [5.41, 5.74) is 3.26. The van der Waals surface area contributed by atoms with E-state index in [1.54, 1.807) is 18.2 Å². The molecular weight excluding hydrogens is 287 g/mol. The summed E-state index contributed by atoms with van der Waals surface area (Å²) in [6.45, 7) is 0. The van der Waals surface area contributed by atoms with E-state index >= 15 is 0 Å². The van der Waals surface area contributed by atoms with Gasteiger partial charge in [-0.05, 0) is 35.9 Å². The molecule has 0 radical (unpaired) electrons. The van der Waals surface area contributed by atoms with Crippen LogP contribution in [0.15, 0.2) is 45.2 Å². The normalized spacial score (nSPS) is 13.0. The number of benzene rings is 1. The molecule has 1 aromatic carbocycles. The molecule has 0 saturated carbocycles. The van der Waals surface area contributed by atoms with Gasteiger partial charge in [0.15, 0.2) is 10.8 Å². The fourth-order valence-corrected chi connectivity index (χ4v) is 2.35. The van der Waals surface area contributed by atoms with Crippen LogP contribution < -0.4 is 11.3 Å². The zero-order valence-corrected chi connectivity index (χ0v) is 11.2. The van der Waals surface area contributed by atoms with Crippen LogP contribution in [0, 0.1) is 0 Å². The van der Waals surface area contributed by atoms with E-state index in [2.05, 4.69) is 5.43 Å². The lowest BCUT2D eigenvalue weighted by molar-refractivity contribution is 0.404. The van der Waals surface area contributed by atoms with Crippen molar-refractivity contribution in [1.29, 1.82) is 0 Å². The van der Waals surface area contributed by atoms with Crippen LogP contribution in [0.4, 0.5) is 0 Å². The van der Waals surface area contributed by atoms with Gasteiger partial charge in [-0.25, -0.2) is 5.43 Å². The van der Waals surface area contributed by atoms with Crippen molar-refractivity contribution in [3.63, 3.8) is 0 Å². The minimum absolute atomic E-state index is 0.296. The van der Waals surface area contributed by atoms with E-state index in [0.29, 0.717) is 27.3 Å². The van der Waals surface area contributed by atoms with Crippen molar-refractivity contribution in [2.45, 2.75) is 6.04 Å². The standard InChI is InChI=1S/C13H10Cl2N2O2/c14-8-3-1-2-7-6-10(19-13(7)8)12(17-16)9-4-5-11(15)18-9/h1-6,12,17H,16H2. The average Bonchev–Trinajstić information content (AvgIpc) is 2.98. The first kappa shape index (κ1) is 12.6. The fourth-order valence-electron chi connectivity index (χ4n) is 1.98.